The van der Waals surface area contributed by atoms with Crippen LogP contribution in [0.5, 0.6) is 0 Å². The minimum absolute atomic E-state index is 0.614. The monoisotopic (exact) mass is 405 g/mol. The fourth-order valence-corrected chi connectivity index (χ4v) is 4.81. The molecule has 4 rings (SSSR count). The summed E-state index contributed by atoms with van der Waals surface area (Å²) in [7, 11) is 0. The van der Waals surface area contributed by atoms with Gasteiger partial charge in [-0.3, -0.25) is 4.99 Å². The lowest BCUT2D eigenvalue weighted by Gasteiger charge is -2.23. The van der Waals surface area contributed by atoms with Crippen LogP contribution in [0, 0.1) is 0 Å². The second-order valence-corrected chi connectivity index (χ2v) is 8.70. The molecule has 1 saturated carbocycles. The third-order valence-electron chi connectivity index (χ3n) is 5.83. The van der Waals surface area contributed by atoms with Gasteiger partial charge in [0.15, 0.2) is 5.17 Å². The Bertz CT molecular complexity index is 939. The van der Waals surface area contributed by atoms with E-state index in [-0.39, 0.29) is 0 Å². The van der Waals surface area contributed by atoms with Crippen molar-refractivity contribution in [1.82, 2.24) is 9.88 Å². The number of hydrogen-bond donors (Lipinski definition) is 1. The zero-order valence-electron chi connectivity index (χ0n) is 17.3. The van der Waals surface area contributed by atoms with Gasteiger partial charge >= 0.3 is 0 Å². The maximum absolute atomic E-state index is 4.89. The van der Waals surface area contributed by atoms with Gasteiger partial charge in [-0.2, -0.15) is 0 Å². The first kappa shape index (κ1) is 20.1. The summed E-state index contributed by atoms with van der Waals surface area (Å²) in [6, 6.07) is 20.0. The van der Waals surface area contributed by atoms with Crippen LogP contribution >= 0.6 is 11.8 Å². The molecule has 0 atom stereocenters. The van der Waals surface area contributed by atoms with E-state index < -0.39 is 0 Å². The number of amidine groups is 1. The third kappa shape index (κ3) is 5.24. The predicted octanol–water partition coefficient (Wildman–Crippen LogP) is 5.87. The lowest BCUT2D eigenvalue weighted by Crippen LogP contribution is -2.34. The molecule has 0 spiro atoms. The number of benzene rings is 2. The summed E-state index contributed by atoms with van der Waals surface area (Å²) in [5, 5.41) is 6.13. The second-order valence-electron chi connectivity index (χ2n) is 7.91. The quantitative estimate of drug-likeness (QED) is 0.410. The SMILES string of the molecule is CSC(=NCCc1cn(Cc2ccccc2)c2ccccc12)NC1CCCCC1. The molecule has 1 aromatic heterocycles. The molecule has 1 heterocycles. The van der Waals surface area contributed by atoms with Crippen LogP contribution in [-0.2, 0) is 13.0 Å². The maximum Gasteiger partial charge on any atom is 0.156 e. The first-order valence-electron chi connectivity index (χ1n) is 10.8. The van der Waals surface area contributed by atoms with Gasteiger partial charge in [0.05, 0.1) is 0 Å². The fourth-order valence-electron chi connectivity index (χ4n) is 4.30. The molecule has 1 aliphatic rings. The molecular formula is C25H31N3S. The van der Waals surface area contributed by atoms with E-state index in [1.54, 1.807) is 11.8 Å². The number of nitrogens with one attached hydrogen (secondary N) is 1. The average molecular weight is 406 g/mol. The van der Waals surface area contributed by atoms with Gasteiger partial charge in [0.25, 0.3) is 0 Å². The van der Waals surface area contributed by atoms with Crippen LogP contribution in [0.3, 0.4) is 0 Å². The van der Waals surface area contributed by atoms with E-state index in [9.17, 15) is 0 Å². The molecule has 0 unspecified atom stereocenters. The predicted molar refractivity (Wildman–Crippen MR) is 127 cm³/mol. The van der Waals surface area contributed by atoms with Gasteiger partial charge in [-0.25, -0.2) is 0 Å². The van der Waals surface area contributed by atoms with Crippen LogP contribution in [-0.4, -0.2) is 28.6 Å². The summed E-state index contributed by atoms with van der Waals surface area (Å²) < 4.78 is 2.37. The minimum Gasteiger partial charge on any atom is -0.362 e. The van der Waals surface area contributed by atoms with Gasteiger partial charge < -0.3 is 9.88 Å². The number of aromatic nitrogens is 1. The molecule has 1 aliphatic carbocycles. The molecule has 0 aliphatic heterocycles. The summed E-state index contributed by atoms with van der Waals surface area (Å²) in [6.45, 7) is 1.74. The Morgan fingerprint density at radius 2 is 1.79 bits per heavy atom. The number of fused-ring (bicyclic) bond motifs is 1. The lowest BCUT2D eigenvalue weighted by atomic mass is 9.96. The Labute approximate surface area is 178 Å². The highest BCUT2D eigenvalue weighted by Gasteiger charge is 2.14. The number of para-hydroxylation sites is 1. The fraction of sp³-hybridized carbons (Fsp3) is 0.400. The summed E-state index contributed by atoms with van der Waals surface area (Å²) in [6.07, 6.45) is 12.1. The van der Waals surface area contributed by atoms with Crippen LogP contribution in [0.1, 0.15) is 43.2 Å². The molecular weight excluding hydrogens is 374 g/mol. The van der Waals surface area contributed by atoms with E-state index >= 15 is 0 Å². The number of hydrogen-bond acceptors (Lipinski definition) is 2. The number of thioether (sulfide) groups is 1. The first-order chi connectivity index (χ1) is 14.3. The van der Waals surface area contributed by atoms with E-state index in [1.165, 1.54) is 54.1 Å². The Morgan fingerprint density at radius 1 is 1.03 bits per heavy atom. The highest BCUT2D eigenvalue weighted by atomic mass is 32.2. The van der Waals surface area contributed by atoms with Crippen molar-refractivity contribution in [2.75, 3.05) is 12.8 Å². The van der Waals surface area contributed by atoms with Gasteiger partial charge in [0.1, 0.15) is 0 Å². The minimum atomic E-state index is 0.614. The number of nitrogens with zero attached hydrogens (tertiary/aromatic N) is 2. The molecule has 0 amide bonds. The van der Waals surface area contributed by atoms with E-state index in [4.69, 9.17) is 4.99 Å². The van der Waals surface area contributed by atoms with Crippen LogP contribution in [0.2, 0.25) is 0 Å². The number of rotatable bonds is 6. The average Bonchev–Trinajstić information content (AvgIpc) is 3.12. The maximum atomic E-state index is 4.89. The molecule has 29 heavy (non-hydrogen) atoms. The first-order valence-corrected chi connectivity index (χ1v) is 12.0. The van der Waals surface area contributed by atoms with Crippen molar-refractivity contribution in [3.05, 3.63) is 71.9 Å². The molecule has 3 aromatic rings. The Hall–Kier alpha value is -2.20. The van der Waals surface area contributed by atoms with Gasteiger partial charge in [0, 0.05) is 36.2 Å². The second kappa shape index (κ2) is 10.0. The Kier molecular flexibility index (Phi) is 6.94. The van der Waals surface area contributed by atoms with Gasteiger partial charge in [-0.1, -0.05) is 79.6 Å². The largest absolute Gasteiger partial charge is 0.362 e. The topological polar surface area (TPSA) is 29.3 Å². The Morgan fingerprint density at radius 3 is 2.59 bits per heavy atom. The van der Waals surface area contributed by atoms with E-state index in [0.717, 1.165) is 24.7 Å². The molecule has 0 saturated heterocycles. The van der Waals surface area contributed by atoms with Gasteiger partial charge in [-0.15, -0.1) is 0 Å². The Balaban J connectivity index is 1.46. The lowest BCUT2D eigenvalue weighted by molar-refractivity contribution is 0.415. The highest BCUT2D eigenvalue weighted by Crippen LogP contribution is 2.23. The van der Waals surface area contributed by atoms with Crippen molar-refractivity contribution in [3.8, 4) is 0 Å². The summed E-state index contributed by atoms with van der Waals surface area (Å²) in [5.41, 5.74) is 4.03. The molecule has 3 nitrogen and oxygen atoms in total. The van der Waals surface area contributed by atoms with Crippen LogP contribution in [0.4, 0.5) is 0 Å². The van der Waals surface area contributed by atoms with Gasteiger partial charge in [-0.05, 0) is 42.7 Å². The summed E-state index contributed by atoms with van der Waals surface area (Å²) in [4.78, 5) is 4.89. The van der Waals surface area contributed by atoms with Crippen molar-refractivity contribution in [3.63, 3.8) is 0 Å². The van der Waals surface area contributed by atoms with Crippen molar-refractivity contribution < 1.29 is 0 Å². The highest BCUT2D eigenvalue weighted by molar-refractivity contribution is 8.13. The zero-order chi connectivity index (χ0) is 19.9. The van der Waals surface area contributed by atoms with E-state index in [2.05, 4.69) is 76.9 Å². The molecule has 1 N–H and O–H groups in total. The molecule has 1 fully saturated rings. The normalized spacial score (nSPS) is 15.7. The molecule has 152 valence electrons. The zero-order valence-corrected chi connectivity index (χ0v) is 18.1. The third-order valence-corrected chi connectivity index (χ3v) is 6.46. The summed E-state index contributed by atoms with van der Waals surface area (Å²) >= 11 is 1.74. The van der Waals surface area contributed by atoms with Crippen molar-refractivity contribution in [2.24, 2.45) is 4.99 Å². The molecule has 0 radical (unpaired) electrons. The number of aliphatic imine (C=N–C) groups is 1. The standard InChI is InChI=1S/C25H31N3S/c1-29-25(27-22-12-6-3-7-13-22)26-17-16-21-19-28(18-20-10-4-2-5-11-20)24-15-9-8-14-23(21)24/h2,4-5,8-11,14-15,19,22H,3,6-7,12-13,16-18H2,1H3,(H,26,27). The van der Waals surface area contributed by atoms with Crippen LogP contribution in [0.15, 0.2) is 65.8 Å². The van der Waals surface area contributed by atoms with Crippen molar-refractivity contribution >= 4 is 27.8 Å². The summed E-state index contributed by atoms with van der Waals surface area (Å²) in [5.74, 6) is 0. The van der Waals surface area contributed by atoms with Crippen molar-refractivity contribution in [1.29, 1.82) is 0 Å². The van der Waals surface area contributed by atoms with Gasteiger partial charge in [0.2, 0.25) is 0 Å². The molecule has 4 heteroatoms. The molecule has 2 aromatic carbocycles. The van der Waals surface area contributed by atoms with E-state index in [0.29, 0.717) is 6.04 Å². The van der Waals surface area contributed by atoms with E-state index in [1.807, 2.05) is 0 Å². The van der Waals surface area contributed by atoms with Crippen LogP contribution < -0.4 is 5.32 Å². The molecule has 0 bridgehead atoms. The van der Waals surface area contributed by atoms with Crippen molar-refractivity contribution in [2.45, 2.75) is 51.1 Å². The smallest absolute Gasteiger partial charge is 0.156 e. The van der Waals surface area contributed by atoms with Crippen LogP contribution in [0.25, 0.3) is 10.9 Å².